The fourth-order valence-corrected chi connectivity index (χ4v) is 4.46. The Labute approximate surface area is 147 Å². The molecule has 1 aromatic rings. The van der Waals surface area contributed by atoms with Gasteiger partial charge in [-0.1, -0.05) is 25.0 Å². The van der Waals surface area contributed by atoms with E-state index in [1.165, 1.54) is 18.6 Å². The predicted octanol–water partition coefficient (Wildman–Crippen LogP) is 3.01. The molecule has 134 valence electrons. The number of hydrogen-bond acceptors (Lipinski definition) is 2. The highest BCUT2D eigenvalue weighted by Crippen LogP contribution is 2.43. The number of carbonyl (C=O) groups excluding carboxylic acids is 2. The van der Waals surface area contributed by atoms with Crippen molar-refractivity contribution in [2.24, 2.45) is 11.8 Å². The van der Waals surface area contributed by atoms with Gasteiger partial charge < -0.3 is 10.2 Å². The van der Waals surface area contributed by atoms with Gasteiger partial charge in [-0.3, -0.25) is 9.59 Å². The lowest BCUT2D eigenvalue weighted by Crippen LogP contribution is -2.50. The van der Waals surface area contributed by atoms with E-state index in [4.69, 9.17) is 0 Å². The van der Waals surface area contributed by atoms with Gasteiger partial charge in [-0.2, -0.15) is 0 Å². The second kappa shape index (κ2) is 6.77. The van der Waals surface area contributed by atoms with Crippen molar-refractivity contribution in [2.45, 2.75) is 63.6 Å². The van der Waals surface area contributed by atoms with Crippen LogP contribution in [0.2, 0.25) is 0 Å². The molecule has 0 bridgehead atoms. The number of hydrogen-bond donors (Lipinski definition) is 1. The number of nitrogens with zero attached hydrogens (tertiary/aromatic N) is 1. The monoisotopic (exact) mass is 344 g/mol. The van der Waals surface area contributed by atoms with Gasteiger partial charge in [0.05, 0.1) is 0 Å². The topological polar surface area (TPSA) is 49.4 Å². The van der Waals surface area contributed by atoms with Crippen LogP contribution < -0.4 is 5.32 Å². The molecule has 0 unspecified atom stereocenters. The molecule has 0 aromatic heterocycles. The van der Waals surface area contributed by atoms with Crippen molar-refractivity contribution in [3.8, 4) is 0 Å². The van der Waals surface area contributed by atoms with Gasteiger partial charge in [-0.15, -0.1) is 0 Å². The standard InChI is InChI=1S/C20H25FN2O2/c21-16-9-5-13(6-10-16)12-22-19(24)18-11-15-3-1-2-4-17(15)23(18)20(25)14-7-8-14/h5-6,9-10,14-15,17-18H,1-4,7-8,11-12H2,(H,22,24)/t15-,17+,18-/m0/s1. The quantitative estimate of drug-likeness (QED) is 0.913. The normalized spacial score (nSPS) is 28.5. The number of halogens is 1. The molecule has 1 aromatic carbocycles. The van der Waals surface area contributed by atoms with E-state index in [0.29, 0.717) is 12.5 Å². The number of likely N-dealkylation sites (tertiary alicyclic amines) is 1. The molecule has 2 saturated carbocycles. The molecule has 2 aliphatic carbocycles. The minimum absolute atomic E-state index is 0.0623. The molecule has 25 heavy (non-hydrogen) atoms. The van der Waals surface area contributed by atoms with Crippen molar-refractivity contribution >= 4 is 11.8 Å². The van der Waals surface area contributed by atoms with Crippen molar-refractivity contribution in [1.82, 2.24) is 10.2 Å². The van der Waals surface area contributed by atoms with E-state index in [0.717, 1.165) is 44.1 Å². The Hall–Kier alpha value is -1.91. The molecule has 1 heterocycles. The van der Waals surface area contributed by atoms with Crippen molar-refractivity contribution in [3.63, 3.8) is 0 Å². The Morgan fingerprint density at radius 1 is 1.08 bits per heavy atom. The maximum atomic E-state index is 13.0. The second-order valence-electron chi connectivity index (χ2n) is 7.73. The van der Waals surface area contributed by atoms with Gasteiger partial charge in [0.15, 0.2) is 0 Å². The first-order chi connectivity index (χ1) is 12.1. The van der Waals surface area contributed by atoms with Crippen LogP contribution in [0.3, 0.4) is 0 Å². The fraction of sp³-hybridized carbons (Fsp3) is 0.600. The number of benzene rings is 1. The molecule has 1 saturated heterocycles. The molecule has 1 N–H and O–H groups in total. The number of carbonyl (C=O) groups is 2. The summed E-state index contributed by atoms with van der Waals surface area (Å²) in [7, 11) is 0. The Balaban J connectivity index is 1.45. The molecule has 0 radical (unpaired) electrons. The minimum atomic E-state index is -0.332. The Bertz CT molecular complexity index is 656. The lowest BCUT2D eigenvalue weighted by Gasteiger charge is -2.33. The van der Waals surface area contributed by atoms with E-state index < -0.39 is 0 Å². The van der Waals surface area contributed by atoms with Crippen molar-refractivity contribution in [1.29, 1.82) is 0 Å². The zero-order chi connectivity index (χ0) is 17.4. The Morgan fingerprint density at radius 2 is 1.80 bits per heavy atom. The highest BCUT2D eigenvalue weighted by molar-refractivity contribution is 5.90. The molecule has 4 nitrogen and oxygen atoms in total. The summed E-state index contributed by atoms with van der Waals surface area (Å²) >= 11 is 0. The molecule has 3 atom stereocenters. The van der Waals surface area contributed by atoms with E-state index in [2.05, 4.69) is 5.32 Å². The maximum Gasteiger partial charge on any atom is 0.243 e. The maximum absolute atomic E-state index is 13.0. The highest BCUT2D eigenvalue weighted by Gasteiger charge is 2.50. The molecule has 3 fully saturated rings. The largest absolute Gasteiger partial charge is 0.350 e. The van der Waals surface area contributed by atoms with Gasteiger partial charge in [0.25, 0.3) is 0 Å². The summed E-state index contributed by atoms with van der Waals surface area (Å²) in [5, 5.41) is 2.96. The zero-order valence-corrected chi connectivity index (χ0v) is 14.4. The van der Waals surface area contributed by atoms with Crippen LogP contribution in [0.4, 0.5) is 4.39 Å². The van der Waals surface area contributed by atoms with Crippen LogP contribution in [0.5, 0.6) is 0 Å². The van der Waals surface area contributed by atoms with Crippen LogP contribution in [0, 0.1) is 17.7 Å². The van der Waals surface area contributed by atoms with E-state index in [9.17, 15) is 14.0 Å². The lowest BCUT2D eigenvalue weighted by atomic mass is 9.84. The van der Waals surface area contributed by atoms with Gasteiger partial charge in [0.2, 0.25) is 11.8 Å². The molecule has 1 aliphatic heterocycles. The van der Waals surface area contributed by atoms with Crippen LogP contribution in [-0.4, -0.2) is 28.8 Å². The summed E-state index contributed by atoms with van der Waals surface area (Å²) in [6, 6.07) is 6.07. The number of fused-ring (bicyclic) bond motifs is 1. The average molecular weight is 344 g/mol. The first-order valence-corrected chi connectivity index (χ1v) is 9.48. The summed E-state index contributed by atoms with van der Waals surface area (Å²) in [5.41, 5.74) is 0.866. The van der Waals surface area contributed by atoms with Crippen LogP contribution in [-0.2, 0) is 16.1 Å². The molecule has 3 aliphatic rings. The summed E-state index contributed by atoms with van der Waals surface area (Å²) in [4.78, 5) is 27.5. The van der Waals surface area contributed by atoms with Crippen molar-refractivity contribution in [3.05, 3.63) is 35.6 Å². The van der Waals surface area contributed by atoms with Gasteiger partial charge >= 0.3 is 0 Å². The van der Waals surface area contributed by atoms with E-state index in [-0.39, 0.29) is 35.6 Å². The SMILES string of the molecule is O=C(NCc1ccc(F)cc1)[C@@H]1C[C@@H]2CCCC[C@H]2N1C(=O)C1CC1. The third-order valence-electron chi connectivity index (χ3n) is 5.95. The first-order valence-electron chi connectivity index (χ1n) is 9.48. The van der Waals surface area contributed by atoms with E-state index in [1.807, 2.05) is 4.90 Å². The predicted molar refractivity (Wildman–Crippen MR) is 92.0 cm³/mol. The number of rotatable bonds is 4. The summed E-state index contributed by atoms with van der Waals surface area (Å²) in [6.07, 6.45) is 7.24. The van der Waals surface area contributed by atoms with Gasteiger partial charge in [-0.25, -0.2) is 4.39 Å². The molecular weight excluding hydrogens is 319 g/mol. The van der Waals surface area contributed by atoms with E-state index >= 15 is 0 Å². The summed E-state index contributed by atoms with van der Waals surface area (Å²) in [6.45, 7) is 0.371. The fourth-order valence-electron chi connectivity index (χ4n) is 4.46. The third-order valence-corrected chi connectivity index (χ3v) is 5.95. The van der Waals surface area contributed by atoms with Crippen molar-refractivity contribution in [2.75, 3.05) is 0 Å². The van der Waals surface area contributed by atoms with Crippen LogP contribution in [0.15, 0.2) is 24.3 Å². The van der Waals surface area contributed by atoms with Crippen LogP contribution in [0.25, 0.3) is 0 Å². The number of amides is 2. The van der Waals surface area contributed by atoms with Crippen molar-refractivity contribution < 1.29 is 14.0 Å². The molecule has 4 rings (SSSR count). The highest BCUT2D eigenvalue weighted by atomic mass is 19.1. The first kappa shape index (κ1) is 16.6. The smallest absolute Gasteiger partial charge is 0.243 e. The number of nitrogens with one attached hydrogen (secondary N) is 1. The van der Waals surface area contributed by atoms with Gasteiger partial charge in [0.1, 0.15) is 11.9 Å². The average Bonchev–Trinajstić information content (AvgIpc) is 3.40. The molecule has 2 amide bonds. The minimum Gasteiger partial charge on any atom is -0.350 e. The molecular formula is C20H25FN2O2. The van der Waals surface area contributed by atoms with Gasteiger partial charge in [0, 0.05) is 18.5 Å². The van der Waals surface area contributed by atoms with Crippen LogP contribution >= 0.6 is 0 Å². The Morgan fingerprint density at radius 3 is 2.52 bits per heavy atom. The van der Waals surface area contributed by atoms with Gasteiger partial charge in [-0.05, 0) is 55.7 Å². The van der Waals surface area contributed by atoms with Crippen LogP contribution in [0.1, 0.15) is 50.5 Å². The summed E-state index contributed by atoms with van der Waals surface area (Å²) < 4.78 is 13.0. The zero-order valence-electron chi connectivity index (χ0n) is 14.4. The molecule has 0 spiro atoms. The molecule has 5 heteroatoms. The summed E-state index contributed by atoms with van der Waals surface area (Å²) in [5.74, 6) is 0.464. The third kappa shape index (κ3) is 3.42. The lowest BCUT2D eigenvalue weighted by molar-refractivity contribution is -0.142. The van der Waals surface area contributed by atoms with E-state index in [1.54, 1.807) is 12.1 Å². The second-order valence-corrected chi connectivity index (χ2v) is 7.73. The Kier molecular flexibility index (Phi) is 4.48.